The highest BCUT2D eigenvalue weighted by Crippen LogP contribution is 2.35. The van der Waals surface area contributed by atoms with Gasteiger partial charge in [-0.05, 0) is 68.8 Å². The Balaban J connectivity index is 1.66. The molecule has 1 aliphatic rings. The molecule has 142 valence electrons. The number of fused-ring (bicyclic) bond motifs is 1. The predicted molar refractivity (Wildman–Crippen MR) is 109 cm³/mol. The predicted octanol–water partition coefficient (Wildman–Crippen LogP) is 4.80. The molecule has 1 aromatic carbocycles. The molecule has 1 aliphatic carbocycles. The first kappa shape index (κ1) is 18.5. The van der Waals surface area contributed by atoms with Crippen LogP contribution in [0.5, 0.6) is 0 Å². The maximum Gasteiger partial charge on any atom is 0.141 e. The van der Waals surface area contributed by atoms with Gasteiger partial charge in [0.05, 0.1) is 17.3 Å². The molecule has 1 saturated carbocycles. The minimum Gasteiger partial charge on any atom is -0.393 e. The van der Waals surface area contributed by atoms with Gasteiger partial charge >= 0.3 is 0 Å². The van der Waals surface area contributed by atoms with E-state index < -0.39 is 0 Å². The second kappa shape index (κ2) is 8.00. The molecule has 2 unspecified atom stereocenters. The maximum atomic E-state index is 10.1. The molecule has 0 amide bonds. The fourth-order valence-electron chi connectivity index (χ4n) is 3.86. The fraction of sp³-hybridized carbons (Fsp3) is 0.429. The van der Waals surface area contributed by atoms with Crippen molar-refractivity contribution in [1.29, 1.82) is 0 Å². The molecule has 2 heterocycles. The summed E-state index contributed by atoms with van der Waals surface area (Å²) in [5.74, 6) is 0.818. The Kier molecular flexibility index (Phi) is 5.48. The number of rotatable bonds is 4. The summed E-state index contributed by atoms with van der Waals surface area (Å²) >= 11 is 1.64. The lowest BCUT2D eigenvalue weighted by molar-refractivity contribution is 0.151. The summed E-state index contributed by atoms with van der Waals surface area (Å²) in [6, 6.07) is 8.67. The van der Waals surface area contributed by atoms with Crippen LogP contribution in [-0.4, -0.2) is 27.4 Å². The zero-order valence-corrected chi connectivity index (χ0v) is 16.6. The summed E-state index contributed by atoms with van der Waals surface area (Å²) in [5, 5.41) is 15.3. The minimum absolute atomic E-state index is 0.197. The lowest BCUT2D eigenvalue weighted by Gasteiger charge is -2.18. The van der Waals surface area contributed by atoms with Crippen molar-refractivity contribution < 1.29 is 9.63 Å². The number of pyridine rings is 1. The first-order valence-electron chi connectivity index (χ1n) is 9.54. The quantitative estimate of drug-likeness (QED) is 0.498. The van der Waals surface area contributed by atoms with Gasteiger partial charge in [-0.3, -0.25) is 9.71 Å². The highest BCUT2D eigenvalue weighted by atomic mass is 32.2. The second-order valence-electron chi connectivity index (χ2n) is 7.33. The van der Waals surface area contributed by atoms with E-state index in [-0.39, 0.29) is 6.10 Å². The van der Waals surface area contributed by atoms with Crippen LogP contribution in [0.1, 0.15) is 43.6 Å². The number of aryl methyl sites for hydroxylation is 2. The standard InChI is InChI=1S/C21H25N3O2S/c1-13-21(14(2)26-23-13)15-10-19-18(8-5-9-22-19)20(11-15)27-24-16-6-3-4-7-17(25)12-16/h5,8-11,16-17,24-25H,3-4,6-7,12H2,1-2H3. The van der Waals surface area contributed by atoms with E-state index >= 15 is 0 Å². The summed E-state index contributed by atoms with van der Waals surface area (Å²) in [7, 11) is 0. The lowest BCUT2D eigenvalue weighted by Crippen LogP contribution is -2.26. The molecule has 2 atom stereocenters. The van der Waals surface area contributed by atoms with Crippen molar-refractivity contribution in [2.75, 3.05) is 0 Å². The van der Waals surface area contributed by atoms with Crippen molar-refractivity contribution in [1.82, 2.24) is 14.9 Å². The third-order valence-electron chi connectivity index (χ3n) is 5.24. The molecule has 0 spiro atoms. The molecule has 0 aliphatic heterocycles. The number of aliphatic hydroxyl groups excluding tert-OH is 1. The molecule has 3 aromatic rings. The average molecular weight is 384 g/mol. The third-order valence-corrected chi connectivity index (χ3v) is 6.25. The number of nitrogens with one attached hydrogen (secondary N) is 1. The molecular weight excluding hydrogens is 358 g/mol. The van der Waals surface area contributed by atoms with Crippen molar-refractivity contribution in [3.63, 3.8) is 0 Å². The summed E-state index contributed by atoms with van der Waals surface area (Å²) in [6.45, 7) is 3.91. The molecule has 27 heavy (non-hydrogen) atoms. The Bertz CT molecular complexity index is 921. The molecule has 1 fully saturated rings. The number of aromatic nitrogens is 2. The van der Waals surface area contributed by atoms with Gasteiger partial charge in [-0.25, -0.2) is 0 Å². The van der Waals surface area contributed by atoms with Gasteiger partial charge in [0.1, 0.15) is 5.76 Å². The van der Waals surface area contributed by atoms with E-state index in [0.717, 1.165) is 70.5 Å². The van der Waals surface area contributed by atoms with Gasteiger partial charge in [0.15, 0.2) is 0 Å². The highest BCUT2D eigenvalue weighted by Gasteiger charge is 2.19. The van der Waals surface area contributed by atoms with Crippen LogP contribution in [0.15, 0.2) is 39.9 Å². The van der Waals surface area contributed by atoms with Gasteiger partial charge in [-0.15, -0.1) is 0 Å². The average Bonchev–Trinajstić information content (AvgIpc) is 2.86. The van der Waals surface area contributed by atoms with Gasteiger partial charge in [0, 0.05) is 28.1 Å². The second-order valence-corrected chi connectivity index (χ2v) is 8.21. The van der Waals surface area contributed by atoms with Crippen LogP contribution in [0.2, 0.25) is 0 Å². The van der Waals surface area contributed by atoms with Gasteiger partial charge < -0.3 is 9.63 Å². The normalized spacial score (nSPS) is 20.7. The van der Waals surface area contributed by atoms with E-state index in [1.165, 1.54) is 0 Å². The van der Waals surface area contributed by atoms with Crippen molar-refractivity contribution >= 4 is 22.9 Å². The van der Waals surface area contributed by atoms with Crippen LogP contribution in [0.25, 0.3) is 22.0 Å². The molecule has 0 bridgehead atoms. The molecule has 5 nitrogen and oxygen atoms in total. The van der Waals surface area contributed by atoms with Crippen LogP contribution in [0, 0.1) is 13.8 Å². The Labute approximate surface area is 163 Å². The van der Waals surface area contributed by atoms with E-state index in [4.69, 9.17) is 4.52 Å². The SMILES string of the molecule is Cc1noc(C)c1-c1cc(SNC2CCCCC(O)C2)c2cccnc2c1. The number of hydrogen-bond acceptors (Lipinski definition) is 6. The van der Waals surface area contributed by atoms with Crippen LogP contribution >= 0.6 is 11.9 Å². The van der Waals surface area contributed by atoms with Crippen LogP contribution in [0.4, 0.5) is 0 Å². The maximum absolute atomic E-state index is 10.1. The third kappa shape index (κ3) is 4.03. The lowest BCUT2D eigenvalue weighted by atomic mass is 10.0. The summed E-state index contributed by atoms with van der Waals surface area (Å²) in [5.41, 5.74) is 3.95. The number of benzene rings is 1. The largest absolute Gasteiger partial charge is 0.393 e. The smallest absolute Gasteiger partial charge is 0.141 e. The van der Waals surface area contributed by atoms with E-state index in [0.29, 0.717) is 6.04 Å². The van der Waals surface area contributed by atoms with Crippen LogP contribution in [0.3, 0.4) is 0 Å². The van der Waals surface area contributed by atoms with Crippen molar-refractivity contribution in [2.45, 2.75) is 63.0 Å². The minimum atomic E-state index is -0.197. The van der Waals surface area contributed by atoms with Crippen LogP contribution in [-0.2, 0) is 0 Å². The van der Waals surface area contributed by atoms with Gasteiger partial charge in [-0.2, -0.15) is 0 Å². The van der Waals surface area contributed by atoms with Crippen molar-refractivity contribution in [3.8, 4) is 11.1 Å². The molecule has 0 saturated heterocycles. The molecular formula is C21H25N3O2S. The zero-order valence-electron chi connectivity index (χ0n) is 15.7. The fourth-order valence-corrected chi connectivity index (χ4v) is 4.84. The Morgan fingerprint density at radius 2 is 2.07 bits per heavy atom. The molecule has 2 aromatic heterocycles. The summed E-state index contributed by atoms with van der Waals surface area (Å²) in [6.07, 6.45) is 6.73. The Morgan fingerprint density at radius 3 is 2.89 bits per heavy atom. The zero-order chi connectivity index (χ0) is 18.8. The van der Waals surface area contributed by atoms with Gasteiger partial charge in [-0.1, -0.05) is 24.1 Å². The topological polar surface area (TPSA) is 71.2 Å². The number of aliphatic hydroxyl groups is 1. The van der Waals surface area contributed by atoms with Gasteiger partial charge in [0.25, 0.3) is 0 Å². The molecule has 0 radical (unpaired) electrons. The monoisotopic (exact) mass is 383 g/mol. The number of nitrogens with zero attached hydrogens (tertiary/aromatic N) is 2. The molecule has 6 heteroatoms. The van der Waals surface area contributed by atoms with E-state index in [2.05, 4.69) is 33.1 Å². The number of hydrogen-bond donors (Lipinski definition) is 2. The van der Waals surface area contributed by atoms with Crippen molar-refractivity contribution in [2.24, 2.45) is 0 Å². The Morgan fingerprint density at radius 1 is 1.22 bits per heavy atom. The van der Waals surface area contributed by atoms with E-state index in [1.54, 1.807) is 11.9 Å². The summed E-state index contributed by atoms with van der Waals surface area (Å²) in [4.78, 5) is 5.70. The highest BCUT2D eigenvalue weighted by molar-refractivity contribution is 7.97. The van der Waals surface area contributed by atoms with Crippen LogP contribution < -0.4 is 4.72 Å². The van der Waals surface area contributed by atoms with Crippen molar-refractivity contribution in [3.05, 3.63) is 41.9 Å². The molecule has 4 rings (SSSR count). The Hall–Kier alpha value is -1.89. The van der Waals surface area contributed by atoms with E-state index in [1.807, 2.05) is 26.1 Å². The summed E-state index contributed by atoms with van der Waals surface area (Å²) < 4.78 is 8.95. The van der Waals surface area contributed by atoms with E-state index in [9.17, 15) is 5.11 Å². The first-order valence-corrected chi connectivity index (χ1v) is 10.4. The molecule has 2 N–H and O–H groups in total. The van der Waals surface area contributed by atoms with Gasteiger partial charge in [0.2, 0.25) is 0 Å². The first-order chi connectivity index (χ1) is 13.1.